The average Bonchev–Trinajstić information content (AvgIpc) is 2.65. The molecule has 0 bridgehead atoms. The lowest BCUT2D eigenvalue weighted by molar-refractivity contribution is -0.137. The van der Waals surface area contributed by atoms with Crippen molar-refractivity contribution >= 4 is 5.97 Å². The van der Waals surface area contributed by atoms with Gasteiger partial charge in [0.05, 0.1) is 0 Å². The van der Waals surface area contributed by atoms with E-state index in [1.54, 1.807) is 0 Å². The minimum Gasteiger partial charge on any atom is -0.481 e. The molecular weight excluding hydrogens is 348 g/mol. The maximum Gasteiger partial charge on any atom is 0.303 e. The van der Waals surface area contributed by atoms with E-state index in [9.17, 15) is 4.79 Å². The van der Waals surface area contributed by atoms with Gasteiger partial charge in [-0.3, -0.25) is 4.79 Å². The molecule has 0 aromatic carbocycles. The second-order valence-corrected chi connectivity index (χ2v) is 7.51. The van der Waals surface area contributed by atoms with E-state index in [1.807, 2.05) is 0 Å². The third kappa shape index (κ3) is 36.1. The predicted octanol–water partition coefficient (Wildman–Crippen LogP) is 9.02. The van der Waals surface area contributed by atoms with Crippen molar-refractivity contribution in [3.8, 4) is 0 Å². The molecule has 0 saturated carbocycles. The standard InChI is InChI=1S/C22H44O2.C2H4.2H3N/c1-2-3-4-5-6-7-8-9-10-11-12-13-14-15-16-17-18-19-20-21-22(23)24;1-2;;/h2-21H2,1H3,(H,23,24);1-2H2;2*1H3. The van der Waals surface area contributed by atoms with Crippen LogP contribution in [0.25, 0.3) is 0 Å². The van der Waals surface area contributed by atoms with Crippen molar-refractivity contribution in [3.05, 3.63) is 13.2 Å². The van der Waals surface area contributed by atoms with Gasteiger partial charge in [0.25, 0.3) is 0 Å². The maximum absolute atomic E-state index is 10.4. The molecule has 4 nitrogen and oxygen atoms in total. The Labute approximate surface area is 177 Å². The van der Waals surface area contributed by atoms with E-state index in [0.29, 0.717) is 6.42 Å². The first kappa shape index (κ1) is 34.6. The highest BCUT2D eigenvalue weighted by molar-refractivity contribution is 5.66. The van der Waals surface area contributed by atoms with E-state index in [-0.39, 0.29) is 12.3 Å². The highest BCUT2D eigenvalue weighted by Crippen LogP contribution is 2.14. The van der Waals surface area contributed by atoms with Crippen molar-refractivity contribution in [1.29, 1.82) is 0 Å². The number of unbranched alkanes of at least 4 members (excludes halogenated alkanes) is 18. The van der Waals surface area contributed by atoms with Crippen LogP contribution >= 0.6 is 0 Å². The number of carbonyl (C=O) groups is 1. The van der Waals surface area contributed by atoms with Crippen LogP contribution in [0.5, 0.6) is 0 Å². The summed E-state index contributed by atoms with van der Waals surface area (Å²) in [6.45, 7) is 8.28. The molecule has 4 heteroatoms. The summed E-state index contributed by atoms with van der Waals surface area (Å²) in [5, 5.41) is 8.56. The molecule has 0 amide bonds. The number of aliphatic carboxylic acids is 1. The number of rotatable bonds is 20. The number of hydrogen-bond donors (Lipinski definition) is 3. The predicted molar refractivity (Wildman–Crippen MR) is 127 cm³/mol. The molecule has 0 unspecified atom stereocenters. The number of carboxylic acids is 1. The Hall–Kier alpha value is -0.870. The van der Waals surface area contributed by atoms with Gasteiger partial charge < -0.3 is 17.4 Å². The van der Waals surface area contributed by atoms with E-state index in [1.165, 1.54) is 109 Å². The van der Waals surface area contributed by atoms with Crippen LogP contribution in [0.2, 0.25) is 0 Å². The average molecular weight is 403 g/mol. The summed E-state index contributed by atoms with van der Waals surface area (Å²) < 4.78 is 0. The molecule has 0 atom stereocenters. The molecule has 28 heavy (non-hydrogen) atoms. The topological polar surface area (TPSA) is 107 Å². The van der Waals surface area contributed by atoms with Crippen LogP contribution in [0.1, 0.15) is 135 Å². The van der Waals surface area contributed by atoms with Crippen molar-refractivity contribution in [3.63, 3.8) is 0 Å². The third-order valence-corrected chi connectivity index (χ3v) is 4.99. The van der Waals surface area contributed by atoms with Gasteiger partial charge in [-0.1, -0.05) is 122 Å². The molecule has 0 spiro atoms. The first-order valence-electron chi connectivity index (χ1n) is 11.5. The molecule has 0 aromatic rings. The van der Waals surface area contributed by atoms with E-state index in [2.05, 4.69) is 20.1 Å². The summed E-state index contributed by atoms with van der Waals surface area (Å²) >= 11 is 0. The van der Waals surface area contributed by atoms with Crippen molar-refractivity contribution in [2.24, 2.45) is 0 Å². The van der Waals surface area contributed by atoms with Crippen molar-refractivity contribution < 1.29 is 9.90 Å². The zero-order valence-electron chi connectivity index (χ0n) is 19.3. The monoisotopic (exact) mass is 402 g/mol. The fourth-order valence-corrected chi connectivity index (χ4v) is 3.35. The molecular formula is C24H54N2O2. The Bertz CT molecular complexity index is 273. The SMILES string of the molecule is C=C.CCCCCCCCCCCCCCCCCCCCCC(=O)O.N.N. The third-order valence-electron chi connectivity index (χ3n) is 4.99. The molecule has 0 rings (SSSR count). The van der Waals surface area contributed by atoms with Gasteiger partial charge in [0, 0.05) is 6.42 Å². The van der Waals surface area contributed by atoms with Crippen molar-refractivity contribution in [1.82, 2.24) is 12.3 Å². The lowest BCUT2D eigenvalue weighted by Gasteiger charge is -2.03. The smallest absolute Gasteiger partial charge is 0.303 e. The van der Waals surface area contributed by atoms with Crippen LogP contribution in [0.3, 0.4) is 0 Å². The normalized spacial score (nSPS) is 9.61. The van der Waals surface area contributed by atoms with Gasteiger partial charge in [-0.25, -0.2) is 0 Å². The van der Waals surface area contributed by atoms with Gasteiger partial charge >= 0.3 is 5.97 Å². The molecule has 0 fully saturated rings. The van der Waals surface area contributed by atoms with Gasteiger partial charge in [0.1, 0.15) is 0 Å². The number of hydrogen-bond acceptors (Lipinski definition) is 3. The highest BCUT2D eigenvalue weighted by Gasteiger charge is 1.97. The van der Waals surface area contributed by atoms with Gasteiger partial charge in [-0.15, -0.1) is 13.2 Å². The van der Waals surface area contributed by atoms with E-state index in [0.717, 1.165) is 12.8 Å². The Kier molecular flexibility index (Phi) is 41.7. The zero-order chi connectivity index (χ0) is 19.7. The summed E-state index contributed by atoms with van der Waals surface area (Å²) in [6, 6.07) is 0. The summed E-state index contributed by atoms with van der Waals surface area (Å²) in [4.78, 5) is 10.4. The molecule has 7 N–H and O–H groups in total. The molecule has 172 valence electrons. The van der Waals surface area contributed by atoms with Crippen LogP contribution in [-0.2, 0) is 4.79 Å². The number of carboxylic acid groups (broad SMARTS) is 1. The highest BCUT2D eigenvalue weighted by atomic mass is 16.4. The van der Waals surface area contributed by atoms with Gasteiger partial charge in [0.2, 0.25) is 0 Å². The Morgan fingerprint density at radius 1 is 0.536 bits per heavy atom. The maximum atomic E-state index is 10.4. The van der Waals surface area contributed by atoms with Gasteiger partial charge in [-0.05, 0) is 6.42 Å². The summed E-state index contributed by atoms with van der Waals surface area (Å²) in [5.74, 6) is -0.651. The fourth-order valence-electron chi connectivity index (χ4n) is 3.35. The van der Waals surface area contributed by atoms with E-state index in [4.69, 9.17) is 5.11 Å². The zero-order valence-corrected chi connectivity index (χ0v) is 19.3. The second kappa shape index (κ2) is 33.7. The minimum atomic E-state index is -0.651. The first-order chi connectivity index (χ1) is 12.8. The summed E-state index contributed by atoms with van der Waals surface area (Å²) in [5.41, 5.74) is 0. The molecule has 0 heterocycles. The molecule has 0 radical (unpaired) electrons. The van der Waals surface area contributed by atoms with Crippen LogP contribution in [-0.4, -0.2) is 11.1 Å². The quantitative estimate of drug-likeness (QED) is 0.139. The largest absolute Gasteiger partial charge is 0.481 e. The second-order valence-electron chi connectivity index (χ2n) is 7.51. The fraction of sp³-hybridized carbons (Fsp3) is 0.875. The Morgan fingerprint density at radius 2 is 0.750 bits per heavy atom. The van der Waals surface area contributed by atoms with E-state index >= 15 is 0 Å². The van der Waals surface area contributed by atoms with Crippen LogP contribution < -0.4 is 12.3 Å². The van der Waals surface area contributed by atoms with Crippen LogP contribution in [0, 0.1) is 0 Å². The molecule has 0 aromatic heterocycles. The Balaban J connectivity index is -0.000000695. The molecule has 0 aliphatic carbocycles. The summed E-state index contributed by atoms with van der Waals surface area (Å²) in [6.07, 6.45) is 26.1. The summed E-state index contributed by atoms with van der Waals surface area (Å²) in [7, 11) is 0. The Morgan fingerprint density at radius 3 is 0.964 bits per heavy atom. The lowest BCUT2D eigenvalue weighted by atomic mass is 10.0. The van der Waals surface area contributed by atoms with Crippen LogP contribution in [0.4, 0.5) is 0 Å². The molecule has 0 saturated heterocycles. The van der Waals surface area contributed by atoms with Gasteiger partial charge in [-0.2, -0.15) is 0 Å². The van der Waals surface area contributed by atoms with Gasteiger partial charge in [0.15, 0.2) is 0 Å². The van der Waals surface area contributed by atoms with Crippen molar-refractivity contribution in [2.45, 2.75) is 135 Å². The first-order valence-corrected chi connectivity index (χ1v) is 11.5. The minimum absolute atomic E-state index is 0. The van der Waals surface area contributed by atoms with Crippen LogP contribution in [0.15, 0.2) is 13.2 Å². The van der Waals surface area contributed by atoms with Crippen molar-refractivity contribution in [2.75, 3.05) is 0 Å². The lowest BCUT2D eigenvalue weighted by Crippen LogP contribution is -1.93. The molecule has 0 aliphatic heterocycles. The molecule has 0 aliphatic rings. The van der Waals surface area contributed by atoms with E-state index < -0.39 is 5.97 Å².